The fourth-order valence-corrected chi connectivity index (χ4v) is 5.48. The van der Waals surface area contributed by atoms with E-state index in [4.69, 9.17) is 0 Å². The molecule has 3 heterocycles. The van der Waals surface area contributed by atoms with E-state index >= 15 is 0 Å². The number of rotatable bonds is 7. The monoisotopic (exact) mass is 534 g/mol. The number of halogens is 1. The Morgan fingerprint density at radius 3 is 2.74 bits per heavy atom. The van der Waals surface area contributed by atoms with Crippen molar-refractivity contribution in [3.63, 3.8) is 0 Å². The van der Waals surface area contributed by atoms with Crippen LogP contribution in [0.1, 0.15) is 59.4 Å². The number of nitrogens with one attached hydrogen (secondary N) is 3. The summed E-state index contributed by atoms with van der Waals surface area (Å²) in [6.07, 6.45) is 9.15. The number of hydrogen-bond acceptors (Lipinski definition) is 3. The number of carbonyl (C=O) groups is 2. The molecule has 3 aliphatic rings. The third-order valence-corrected chi connectivity index (χ3v) is 7.45. The van der Waals surface area contributed by atoms with Crippen LogP contribution < -0.4 is 10.6 Å². The average molecular weight is 535 g/mol. The first-order chi connectivity index (χ1) is 17.0. The van der Waals surface area contributed by atoms with Gasteiger partial charge in [0.1, 0.15) is 0 Å². The Labute approximate surface area is 214 Å². The zero-order valence-electron chi connectivity index (χ0n) is 20.0. The van der Waals surface area contributed by atoms with Gasteiger partial charge in [-0.2, -0.15) is 0 Å². The molecular weight excluding hydrogens is 504 g/mol. The van der Waals surface area contributed by atoms with E-state index in [9.17, 15) is 9.59 Å². The molecule has 3 N–H and O–H groups in total. The number of nitrogens with zero attached hydrogens (tertiary/aromatic N) is 1. The lowest BCUT2D eigenvalue weighted by Gasteiger charge is -2.17. The summed E-state index contributed by atoms with van der Waals surface area (Å²) in [5.74, 6) is -0.241. The fourth-order valence-electron chi connectivity index (χ4n) is 5.21. The second-order valence-corrected chi connectivity index (χ2v) is 10.4. The van der Waals surface area contributed by atoms with E-state index in [0.29, 0.717) is 23.4 Å². The standard InChI is InChI=1S/C28H31BrN4O2/c1-18-16-22(27(34)30-12-5-15-33-13-2-3-14-33)25(31-18)17-23-26-21(19-8-10-20(29)11-9-19)6-4-7-24(26)32-28(23)35/h7-11,16-17,31H,2-6,12-15H2,1H3,(H,30,34)(H,32,35). The Balaban J connectivity index is 1.40. The van der Waals surface area contributed by atoms with Crippen molar-refractivity contribution in [2.45, 2.75) is 39.0 Å². The highest BCUT2D eigenvalue weighted by Crippen LogP contribution is 2.40. The van der Waals surface area contributed by atoms with E-state index in [0.717, 1.165) is 58.4 Å². The van der Waals surface area contributed by atoms with Gasteiger partial charge in [-0.15, -0.1) is 0 Å². The van der Waals surface area contributed by atoms with Gasteiger partial charge >= 0.3 is 0 Å². The number of aryl methyl sites for hydroxylation is 1. The Kier molecular flexibility index (Phi) is 7.07. The first-order valence-electron chi connectivity index (χ1n) is 12.4. The highest BCUT2D eigenvalue weighted by atomic mass is 79.9. The van der Waals surface area contributed by atoms with Crippen LogP contribution in [0.25, 0.3) is 11.6 Å². The van der Waals surface area contributed by atoms with Crippen molar-refractivity contribution >= 4 is 39.4 Å². The summed E-state index contributed by atoms with van der Waals surface area (Å²) in [5.41, 5.74) is 6.78. The number of H-pyrrole nitrogens is 1. The van der Waals surface area contributed by atoms with Crippen molar-refractivity contribution in [2.75, 3.05) is 26.2 Å². The van der Waals surface area contributed by atoms with Crippen LogP contribution in [0.15, 0.2) is 57.7 Å². The highest BCUT2D eigenvalue weighted by Gasteiger charge is 2.32. The summed E-state index contributed by atoms with van der Waals surface area (Å²) in [4.78, 5) is 31.8. The molecule has 182 valence electrons. The molecule has 0 radical (unpaired) electrons. The molecule has 0 bridgehead atoms. The van der Waals surface area contributed by atoms with Crippen molar-refractivity contribution in [3.8, 4) is 0 Å². The first kappa shape index (κ1) is 23.8. The summed E-state index contributed by atoms with van der Waals surface area (Å²) in [6, 6.07) is 10.1. The van der Waals surface area contributed by atoms with E-state index in [-0.39, 0.29) is 11.8 Å². The van der Waals surface area contributed by atoms with Crippen LogP contribution in [0.5, 0.6) is 0 Å². The summed E-state index contributed by atoms with van der Waals surface area (Å²) in [7, 11) is 0. The Morgan fingerprint density at radius 2 is 1.97 bits per heavy atom. The van der Waals surface area contributed by atoms with Gasteiger partial charge in [0, 0.05) is 28.0 Å². The predicted molar refractivity (Wildman–Crippen MR) is 143 cm³/mol. The molecule has 2 amide bonds. The Hall–Kier alpha value is -2.90. The maximum Gasteiger partial charge on any atom is 0.256 e. The van der Waals surface area contributed by atoms with E-state index in [1.165, 1.54) is 25.9 Å². The maximum absolute atomic E-state index is 13.0. The zero-order valence-corrected chi connectivity index (χ0v) is 21.6. The molecular formula is C28H31BrN4O2. The summed E-state index contributed by atoms with van der Waals surface area (Å²) in [6.45, 7) is 5.92. The average Bonchev–Trinajstić information content (AvgIpc) is 3.57. The number of fused-ring (bicyclic) bond motifs is 1. The van der Waals surface area contributed by atoms with Crippen molar-refractivity contribution in [2.24, 2.45) is 0 Å². The Morgan fingerprint density at radius 1 is 1.20 bits per heavy atom. The summed E-state index contributed by atoms with van der Waals surface area (Å²) < 4.78 is 1.02. The first-order valence-corrected chi connectivity index (χ1v) is 13.2. The Bertz CT molecular complexity index is 1230. The molecule has 0 unspecified atom stereocenters. The molecule has 0 spiro atoms. The number of carbonyl (C=O) groups excluding carboxylic acids is 2. The summed E-state index contributed by atoms with van der Waals surface area (Å²) >= 11 is 3.51. The van der Waals surface area contributed by atoms with Gasteiger partial charge in [-0.1, -0.05) is 34.1 Å². The van der Waals surface area contributed by atoms with Crippen molar-refractivity contribution in [1.82, 2.24) is 20.5 Å². The number of aromatic nitrogens is 1. The minimum Gasteiger partial charge on any atom is -0.358 e. The van der Waals surface area contributed by atoms with E-state index in [1.807, 2.05) is 31.2 Å². The van der Waals surface area contributed by atoms with E-state index in [1.54, 1.807) is 0 Å². The van der Waals surface area contributed by atoms with Gasteiger partial charge in [-0.3, -0.25) is 9.59 Å². The number of allylic oxidation sites excluding steroid dienone is 3. The lowest BCUT2D eigenvalue weighted by molar-refractivity contribution is -0.115. The molecule has 0 saturated carbocycles. The molecule has 2 aromatic rings. The molecule has 1 aromatic carbocycles. The second kappa shape index (κ2) is 10.4. The predicted octanol–water partition coefficient (Wildman–Crippen LogP) is 4.95. The van der Waals surface area contributed by atoms with Crippen LogP contribution in [0.3, 0.4) is 0 Å². The van der Waals surface area contributed by atoms with E-state index < -0.39 is 0 Å². The van der Waals surface area contributed by atoms with Gasteiger partial charge < -0.3 is 20.5 Å². The molecule has 1 aromatic heterocycles. The molecule has 1 aliphatic carbocycles. The number of likely N-dealkylation sites (tertiary alicyclic amines) is 1. The number of hydrogen-bond donors (Lipinski definition) is 3. The third kappa shape index (κ3) is 5.21. The number of benzene rings is 1. The smallest absolute Gasteiger partial charge is 0.256 e. The molecule has 0 atom stereocenters. The molecule has 6 nitrogen and oxygen atoms in total. The van der Waals surface area contributed by atoms with Gasteiger partial charge in [0.15, 0.2) is 0 Å². The molecule has 2 saturated heterocycles. The molecule has 2 fully saturated rings. The minimum absolute atomic E-state index is 0.109. The van der Waals surface area contributed by atoms with Gasteiger partial charge in [0.25, 0.3) is 11.8 Å². The lowest BCUT2D eigenvalue weighted by atomic mass is 9.87. The molecule has 5 rings (SSSR count). The van der Waals surface area contributed by atoms with Gasteiger partial charge in [0.05, 0.1) is 16.8 Å². The van der Waals surface area contributed by atoms with Crippen LogP contribution in [0.2, 0.25) is 0 Å². The van der Waals surface area contributed by atoms with Crippen LogP contribution in [-0.4, -0.2) is 47.9 Å². The number of aromatic amines is 1. The lowest BCUT2D eigenvalue weighted by Crippen LogP contribution is -2.28. The van der Waals surface area contributed by atoms with Gasteiger partial charge in [-0.25, -0.2) is 0 Å². The van der Waals surface area contributed by atoms with Crippen LogP contribution in [-0.2, 0) is 4.79 Å². The topological polar surface area (TPSA) is 77.2 Å². The normalized spacial score (nSPS) is 19.2. The molecule has 7 heteroatoms. The zero-order chi connectivity index (χ0) is 24.4. The number of amides is 2. The third-order valence-electron chi connectivity index (χ3n) is 6.92. The fraction of sp³-hybridized carbons (Fsp3) is 0.357. The van der Waals surface area contributed by atoms with Crippen LogP contribution in [0.4, 0.5) is 0 Å². The van der Waals surface area contributed by atoms with Gasteiger partial charge in [-0.05, 0) is 94.1 Å². The quantitative estimate of drug-likeness (QED) is 0.347. The highest BCUT2D eigenvalue weighted by molar-refractivity contribution is 9.10. The SMILES string of the molecule is Cc1cc(C(=O)NCCCN2CCCC2)c(C=C2C(=O)NC3=CCCC(c4ccc(Br)cc4)=C32)[nH]1. The van der Waals surface area contributed by atoms with Crippen molar-refractivity contribution in [1.29, 1.82) is 0 Å². The van der Waals surface area contributed by atoms with Crippen LogP contribution in [0, 0.1) is 6.92 Å². The van der Waals surface area contributed by atoms with E-state index in [2.05, 4.69) is 54.7 Å². The molecule has 35 heavy (non-hydrogen) atoms. The second-order valence-electron chi connectivity index (χ2n) is 9.47. The largest absolute Gasteiger partial charge is 0.358 e. The summed E-state index contributed by atoms with van der Waals surface area (Å²) in [5, 5.41) is 6.09. The van der Waals surface area contributed by atoms with Crippen molar-refractivity contribution in [3.05, 3.63) is 80.2 Å². The van der Waals surface area contributed by atoms with Crippen LogP contribution >= 0.6 is 15.9 Å². The van der Waals surface area contributed by atoms with Gasteiger partial charge in [0.2, 0.25) is 0 Å². The maximum atomic E-state index is 13.0. The minimum atomic E-state index is -0.132. The van der Waals surface area contributed by atoms with Crippen molar-refractivity contribution < 1.29 is 9.59 Å². The molecule has 2 aliphatic heterocycles.